The van der Waals surface area contributed by atoms with E-state index in [2.05, 4.69) is 0 Å². The number of aliphatic hydroxyl groups is 1. The second-order valence-corrected chi connectivity index (χ2v) is 5.95. The van der Waals surface area contributed by atoms with Gasteiger partial charge in [0.1, 0.15) is 12.9 Å². The molecule has 0 radical (unpaired) electrons. The first-order valence-corrected chi connectivity index (χ1v) is 7.53. The van der Waals surface area contributed by atoms with Crippen molar-refractivity contribution in [1.29, 1.82) is 0 Å². The molecule has 0 heterocycles. The number of hydrogen-bond donors (Lipinski definition) is 1. The molecular weight excluding hydrogens is 260 g/mol. The van der Waals surface area contributed by atoms with Gasteiger partial charge >= 0.3 is 5.97 Å². The number of rotatable bonds is 6. The SMILES string of the molecule is COCO[C@H]1CCC[C@@H]2CC[C@H](OC(C)=O)[C@@]21CCO. The van der Waals surface area contributed by atoms with Gasteiger partial charge in [-0.15, -0.1) is 0 Å². The Morgan fingerprint density at radius 2 is 2.05 bits per heavy atom. The van der Waals surface area contributed by atoms with Gasteiger partial charge in [0.25, 0.3) is 0 Å². The van der Waals surface area contributed by atoms with Gasteiger partial charge in [-0.2, -0.15) is 0 Å². The van der Waals surface area contributed by atoms with E-state index < -0.39 is 0 Å². The second kappa shape index (κ2) is 6.87. The van der Waals surface area contributed by atoms with Crippen LogP contribution < -0.4 is 0 Å². The molecule has 0 bridgehead atoms. The van der Waals surface area contributed by atoms with E-state index >= 15 is 0 Å². The third kappa shape index (κ3) is 2.85. The van der Waals surface area contributed by atoms with E-state index in [1.165, 1.54) is 6.92 Å². The van der Waals surface area contributed by atoms with Crippen molar-refractivity contribution in [2.45, 2.75) is 57.7 Å². The van der Waals surface area contributed by atoms with Crippen molar-refractivity contribution in [3.05, 3.63) is 0 Å². The smallest absolute Gasteiger partial charge is 0.302 e. The van der Waals surface area contributed by atoms with Crippen LogP contribution in [-0.2, 0) is 19.0 Å². The molecule has 4 atom stereocenters. The zero-order chi connectivity index (χ0) is 14.6. The Labute approximate surface area is 120 Å². The lowest BCUT2D eigenvalue weighted by Crippen LogP contribution is -2.51. The topological polar surface area (TPSA) is 65.0 Å². The molecular formula is C15H26O5. The molecule has 20 heavy (non-hydrogen) atoms. The summed E-state index contributed by atoms with van der Waals surface area (Å²) >= 11 is 0. The van der Waals surface area contributed by atoms with Crippen LogP contribution >= 0.6 is 0 Å². The van der Waals surface area contributed by atoms with E-state index in [9.17, 15) is 9.90 Å². The summed E-state index contributed by atoms with van der Waals surface area (Å²) in [5.41, 5.74) is -0.239. The minimum Gasteiger partial charge on any atom is -0.462 e. The average molecular weight is 286 g/mol. The highest BCUT2D eigenvalue weighted by Gasteiger charge is 2.57. The van der Waals surface area contributed by atoms with Gasteiger partial charge in [-0.3, -0.25) is 4.79 Å². The maximum Gasteiger partial charge on any atom is 0.302 e. The standard InChI is InChI=1S/C15H26O5/c1-11(17)20-14-7-6-12-4-3-5-13(19-10-18-2)15(12,14)8-9-16/h12-14,16H,3-10H2,1-2H3/t12-,13+,14+,15+/m1/s1. The van der Waals surface area contributed by atoms with E-state index in [1.807, 2.05) is 0 Å². The number of aliphatic hydroxyl groups excluding tert-OH is 1. The summed E-state index contributed by atoms with van der Waals surface area (Å²) in [5.74, 6) is 0.221. The Balaban J connectivity index is 2.23. The van der Waals surface area contributed by atoms with Crippen molar-refractivity contribution < 1.29 is 24.1 Å². The maximum absolute atomic E-state index is 11.4. The first kappa shape index (κ1) is 15.7. The Hall–Kier alpha value is -0.650. The lowest BCUT2D eigenvalue weighted by molar-refractivity contribution is -0.190. The van der Waals surface area contributed by atoms with Gasteiger partial charge in [0.05, 0.1) is 6.10 Å². The molecule has 116 valence electrons. The van der Waals surface area contributed by atoms with Gasteiger partial charge in [0.15, 0.2) is 0 Å². The van der Waals surface area contributed by atoms with Crippen molar-refractivity contribution in [3.63, 3.8) is 0 Å². The van der Waals surface area contributed by atoms with Crippen molar-refractivity contribution in [3.8, 4) is 0 Å². The number of esters is 1. The molecule has 2 fully saturated rings. The van der Waals surface area contributed by atoms with Gasteiger partial charge in [-0.05, 0) is 38.0 Å². The fraction of sp³-hybridized carbons (Fsp3) is 0.933. The molecule has 0 aromatic rings. The number of carbonyl (C=O) groups excluding carboxylic acids is 1. The van der Waals surface area contributed by atoms with Crippen molar-refractivity contribution in [1.82, 2.24) is 0 Å². The molecule has 2 rings (SSSR count). The van der Waals surface area contributed by atoms with E-state index in [-0.39, 0.29) is 37.0 Å². The van der Waals surface area contributed by atoms with E-state index in [1.54, 1.807) is 7.11 Å². The molecule has 2 saturated carbocycles. The summed E-state index contributed by atoms with van der Waals surface area (Å²) in [6.07, 6.45) is 5.60. The summed E-state index contributed by atoms with van der Waals surface area (Å²) in [4.78, 5) is 11.4. The first-order valence-electron chi connectivity index (χ1n) is 7.53. The molecule has 0 amide bonds. The van der Waals surface area contributed by atoms with E-state index in [0.717, 1.165) is 32.1 Å². The number of hydrogen-bond acceptors (Lipinski definition) is 5. The lowest BCUT2D eigenvalue weighted by Gasteiger charge is -2.48. The van der Waals surface area contributed by atoms with Crippen LogP contribution in [0.2, 0.25) is 0 Å². The minimum atomic E-state index is -0.246. The third-order valence-electron chi connectivity index (χ3n) is 5.00. The van der Waals surface area contributed by atoms with Gasteiger partial charge in [-0.1, -0.05) is 6.42 Å². The molecule has 5 nitrogen and oxygen atoms in total. The number of carbonyl (C=O) groups is 1. The van der Waals surface area contributed by atoms with Crippen molar-refractivity contribution >= 4 is 5.97 Å². The fourth-order valence-electron chi connectivity index (χ4n) is 4.33. The van der Waals surface area contributed by atoms with Gasteiger partial charge in [0, 0.05) is 26.1 Å². The predicted octanol–water partition coefficient (Wildman–Crippen LogP) is 1.87. The number of methoxy groups -OCH3 is 1. The predicted molar refractivity (Wildman–Crippen MR) is 73.0 cm³/mol. The largest absolute Gasteiger partial charge is 0.462 e. The number of ether oxygens (including phenoxy) is 3. The minimum absolute atomic E-state index is 0.000185. The third-order valence-corrected chi connectivity index (χ3v) is 5.00. The van der Waals surface area contributed by atoms with Crippen LogP contribution in [0.1, 0.15) is 45.4 Å². The Kier molecular flexibility index (Phi) is 5.41. The molecule has 0 aromatic heterocycles. The van der Waals surface area contributed by atoms with Crippen molar-refractivity contribution in [2.75, 3.05) is 20.5 Å². The van der Waals surface area contributed by atoms with Crippen LogP contribution in [0.15, 0.2) is 0 Å². The Bertz CT molecular complexity index is 332. The van der Waals surface area contributed by atoms with Gasteiger partial charge < -0.3 is 19.3 Å². The zero-order valence-electron chi connectivity index (χ0n) is 12.5. The van der Waals surface area contributed by atoms with Gasteiger partial charge in [-0.25, -0.2) is 0 Å². The molecule has 0 saturated heterocycles. The second-order valence-electron chi connectivity index (χ2n) is 5.95. The molecule has 2 aliphatic rings. The quantitative estimate of drug-likeness (QED) is 0.596. The van der Waals surface area contributed by atoms with Crippen LogP contribution in [0.5, 0.6) is 0 Å². The van der Waals surface area contributed by atoms with Gasteiger partial charge in [0.2, 0.25) is 0 Å². The van der Waals surface area contributed by atoms with Crippen LogP contribution in [0.4, 0.5) is 0 Å². The Morgan fingerprint density at radius 3 is 2.70 bits per heavy atom. The summed E-state index contributed by atoms with van der Waals surface area (Å²) in [5, 5.41) is 9.53. The molecule has 5 heteroatoms. The highest BCUT2D eigenvalue weighted by atomic mass is 16.7. The highest BCUT2D eigenvalue weighted by molar-refractivity contribution is 5.66. The molecule has 0 unspecified atom stereocenters. The monoisotopic (exact) mass is 286 g/mol. The van der Waals surface area contributed by atoms with Crippen LogP contribution in [0.3, 0.4) is 0 Å². The molecule has 2 aliphatic carbocycles. The lowest BCUT2D eigenvalue weighted by atomic mass is 9.63. The number of fused-ring (bicyclic) bond motifs is 1. The zero-order valence-corrected chi connectivity index (χ0v) is 12.5. The molecule has 0 aliphatic heterocycles. The Morgan fingerprint density at radius 1 is 1.25 bits per heavy atom. The first-order chi connectivity index (χ1) is 9.65. The van der Waals surface area contributed by atoms with Crippen LogP contribution in [0.25, 0.3) is 0 Å². The highest BCUT2D eigenvalue weighted by Crippen LogP contribution is 2.56. The van der Waals surface area contributed by atoms with Crippen LogP contribution in [-0.4, -0.2) is 43.8 Å². The van der Waals surface area contributed by atoms with Crippen molar-refractivity contribution in [2.24, 2.45) is 11.3 Å². The average Bonchev–Trinajstić information content (AvgIpc) is 2.75. The maximum atomic E-state index is 11.4. The normalized spacial score (nSPS) is 36.6. The fourth-order valence-corrected chi connectivity index (χ4v) is 4.33. The molecule has 1 N–H and O–H groups in total. The summed E-state index contributed by atoms with van der Waals surface area (Å²) in [7, 11) is 1.61. The van der Waals surface area contributed by atoms with E-state index in [4.69, 9.17) is 14.2 Å². The molecule has 0 aromatic carbocycles. The summed E-state index contributed by atoms with van der Waals surface area (Å²) in [6, 6.07) is 0. The summed E-state index contributed by atoms with van der Waals surface area (Å²) < 4.78 is 16.5. The van der Waals surface area contributed by atoms with E-state index in [0.29, 0.717) is 12.3 Å². The summed E-state index contributed by atoms with van der Waals surface area (Å²) in [6.45, 7) is 1.80. The molecule has 0 spiro atoms. The van der Waals surface area contributed by atoms with Crippen LogP contribution in [0, 0.1) is 11.3 Å².